The standard InChI is InChI=1S/C14H19F3N2O3/c1-9-7-18(8-10(2)19(9)4-5-20)13(21)11-3-6-22-12(11)14(15,16)17/h3,6,9-10,20H,4-5,7-8H2,1-2H3/t9-,10+. The quantitative estimate of drug-likeness (QED) is 0.923. The molecule has 124 valence electrons. The molecule has 2 atom stereocenters. The molecule has 0 radical (unpaired) electrons. The third-order valence-corrected chi connectivity index (χ3v) is 3.90. The van der Waals surface area contributed by atoms with Crippen LogP contribution in [0.3, 0.4) is 0 Å². The predicted molar refractivity (Wildman–Crippen MR) is 72.3 cm³/mol. The molecule has 2 rings (SSSR count). The lowest BCUT2D eigenvalue weighted by molar-refractivity contribution is -0.153. The van der Waals surface area contributed by atoms with Crippen LogP contribution in [0.4, 0.5) is 13.2 Å². The van der Waals surface area contributed by atoms with Gasteiger partial charge in [-0.25, -0.2) is 0 Å². The lowest BCUT2D eigenvalue weighted by Gasteiger charge is -2.44. The number of aliphatic hydroxyl groups excluding tert-OH is 1. The van der Waals surface area contributed by atoms with Crippen molar-refractivity contribution in [2.45, 2.75) is 32.1 Å². The summed E-state index contributed by atoms with van der Waals surface area (Å²) in [7, 11) is 0. The molecule has 0 aliphatic carbocycles. The maximum atomic E-state index is 12.8. The monoisotopic (exact) mass is 320 g/mol. The van der Waals surface area contributed by atoms with E-state index in [0.717, 1.165) is 12.3 Å². The summed E-state index contributed by atoms with van der Waals surface area (Å²) in [5.41, 5.74) is -0.456. The van der Waals surface area contributed by atoms with Crippen molar-refractivity contribution in [3.05, 3.63) is 23.7 Å². The van der Waals surface area contributed by atoms with E-state index in [9.17, 15) is 18.0 Å². The van der Waals surface area contributed by atoms with Gasteiger partial charge in [0.15, 0.2) is 0 Å². The van der Waals surface area contributed by atoms with Crippen molar-refractivity contribution in [3.8, 4) is 0 Å². The SMILES string of the molecule is C[C@@H]1CN(C(=O)c2ccoc2C(F)(F)F)C[C@H](C)N1CCO. The molecule has 1 aromatic rings. The first-order valence-electron chi connectivity index (χ1n) is 7.06. The van der Waals surface area contributed by atoms with Crippen LogP contribution < -0.4 is 0 Å². The van der Waals surface area contributed by atoms with Gasteiger partial charge in [0.05, 0.1) is 18.4 Å². The van der Waals surface area contributed by atoms with Gasteiger partial charge in [-0.15, -0.1) is 0 Å². The van der Waals surface area contributed by atoms with E-state index < -0.39 is 23.4 Å². The van der Waals surface area contributed by atoms with Crippen molar-refractivity contribution in [1.82, 2.24) is 9.80 Å². The number of piperazine rings is 1. The molecule has 0 saturated carbocycles. The van der Waals surface area contributed by atoms with Crippen LogP contribution in [0.15, 0.2) is 16.7 Å². The summed E-state index contributed by atoms with van der Waals surface area (Å²) in [6.45, 7) is 4.86. The van der Waals surface area contributed by atoms with Gasteiger partial charge < -0.3 is 14.4 Å². The highest BCUT2D eigenvalue weighted by molar-refractivity contribution is 5.95. The summed E-state index contributed by atoms with van der Waals surface area (Å²) in [4.78, 5) is 15.8. The van der Waals surface area contributed by atoms with E-state index in [2.05, 4.69) is 4.42 Å². The van der Waals surface area contributed by atoms with Crippen LogP contribution in [0.2, 0.25) is 0 Å². The Labute approximate surface area is 126 Å². The first kappa shape index (κ1) is 16.8. The molecule has 1 aromatic heterocycles. The summed E-state index contributed by atoms with van der Waals surface area (Å²) in [5, 5.41) is 9.05. The van der Waals surface area contributed by atoms with Gasteiger partial charge in [0.2, 0.25) is 5.76 Å². The molecule has 1 saturated heterocycles. The van der Waals surface area contributed by atoms with Crippen LogP contribution in [-0.2, 0) is 6.18 Å². The molecule has 1 aliphatic heterocycles. The summed E-state index contributed by atoms with van der Waals surface area (Å²) in [6, 6.07) is 0.975. The molecule has 22 heavy (non-hydrogen) atoms. The van der Waals surface area contributed by atoms with E-state index in [4.69, 9.17) is 5.11 Å². The van der Waals surface area contributed by atoms with Gasteiger partial charge in [-0.3, -0.25) is 9.69 Å². The van der Waals surface area contributed by atoms with E-state index in [1.54, 1.807) is 0 Å². The zero-order valence-electron chi connectivity index (χ0n) is 12.4. The van der Waals surface area contributed by atoms with Crippen molar-refractivity contribution in [1.29, 1.82) is 0 Å². The van der Waals surface area contributed by atoms with E-state index in [-0.39, 0.29) is 18.7 Å². The Morgan fingerprint density at radius 2 is 1.95 bits per heavy atom. The molecular formula is C14H19F3N2O3. The molecule has 5 nitrogen and oxygen atoms in total. The van der Waals surface area contributed by atoms with Crippen LogP contribution in [0.25, 0.3) is 0 Å². The van der Waals surface area contributed by atoms with Crippen molar-refractivity contribution in [3.63, 3.8) is 0 Å². The Bertz CT molecular complexity index is 518. The third-order valence-electron chi connectivity index (χ3n) is 3.90. The molecule has 0 spiro atoms. The summed E-state index contributed by atoms with van der Waals surface area (Å²) in [6.07, 6.45) is -3.81. The molecule has 0 unspecified atom stereocenters. The Kier molecular flexibility index (Phi) is 4.81. The Hall–Kier alpha value is -1.54. The normalized spacial score (nSPS) is 23.8. The maximum absolute atomic E-state index is 12.8. The predicted octanol–water partition coefficient (Wildman–Crippen LogP) is 1.83. The van der Waals surface area contributed by atoms with Gasteiger partial charge >= 0.3 is 6.18 Å². The fourth-order valence-electron chi connectivity index (χ4n) is 2.95. The summed E-state index contributed by atoms with van der Waals surface area (Å²) >= 11 is 0. The zero-order valence-corrected chi connectivity index (χ0v) is 12.4. The second kappa shape index (κ2) is 6.29. The highest BCUT2D eigenvalue weighted by atomic mass is 19.4. The van der Waals surface area contributed by atoms with Gasteiger partial charge in [0.25, 0.3) is 5.91 Å². The Balaban J connectivity index is 2.17. The number of aliphatic hydroxyl groups is 1. The van der Waals surface area contributed by atoms with Crippen LogP contribution >= 0.6 is 0 Å². The number of halogens is 3. The molecule has 0 aromatic carbocycles. The first-order chi connectivity index (χ1) is 10.3. The molecule has 8 heteroatoms. The second-order valence-corrected chi connectivity index (χ2v) is 5.53. The van der Waals surface area contributed by atoms with Gasteiger partial charge in [-0.1, -0.05) is 0 Å². The largest absolute Gasteiger partial charge is 0.459 e. The number of carbonyl (C=O) groups is 1. The van der Waals surface area contributed by atoms with E-state index >= 15 is 0 Å². The van der Waals surface area contributed by atoms with E-state index in [1.165, 1.54) is 4.90 Å². The number of hydrogen-bond acceptors (Lipinski definition) is 4. The molecule has 1 amide bonds. The number of rotatable bonds is 3. The smallest absolute Gasteiger partial charge is 0.450 e. The highest BCUT2D eigenvalue weighted by Crippen LogP contribution is 2.33. The van der Waals surface area contributed by atoms with Gasteiger partial charge in [-0.05, 0) is 19.9 Å². The van der Waals surface area contributed by atoms with Crippen molar-refractivity contribution in [2.75, 3.05) is 26.2 Å². The summed E-state index contributed by atoms with van der Waals surface area (Å²) < 4.78 is 42.9. The number of furan rings is 1. The topological polar surface area (TPSA) is 56.9 Å². The lowest BCUT2D eigenvalue weighted by Crippen LogP contribution is -2.58. The Morgan fingerprint density at radius 1 is 1.36 bits per heavy atom. The van der Waals surface area contributed by atoms with Gasteiger partial charge in [-0.2, -0.15) is 13.2 Å². The number of nitrogens with zero attached hydrogens (tertiary/aromatic N) is 2. The number of carbonyl (C=O) groups excluding carboxylic acids is 1. The zero-order chi connectivity index (χ0) is 16.5. The number of β-amino-alcohol motifs (C(OH)–C–C–N with tert-alkyl or cyclic N) is 1. The molecule has 1 fully saturated rings. The minimum Gasteiger partial charge on any atom is -0.459 e. The average Bonchev–Trinajstić information content (AvgIpc) is 2.91. The minimum atomic E-state index is -4.69. The number of alkyl halides is 3. The van der Waals surface area contributed by atoms with Gasteiger partial charge in [0.1, 0.15) is 0 Å². The van der Waals surface area contributed by atoms with Crippen LogP contribution in [0.5, 0.6) is 0 Å². The fraction of sp³-hybridized carbons (Fsp3) is 0.643. The van der Waals surface area contributed by atoms with Crippen LogP contribution in [-0.4, -0.2) is 59.1 Å². The first-order valence-corrected chi connectivity index (χ1v) is 7.06. The van der Waals surface area contributed by atoms with Gasteiger partial charge in [0, 0.05) is 31.7 Å². The van der Waals surface area contributed by atoms with Crippen molar-refractivity contribution in [2.24, 2.45) is 0 Å². The van der Waals surface area contributed by atoms with Crippen LogP contribution in [0.1, 0.15) is 30.0 Å². The van der Waals surface area contributed by atoms with Crippen molar-refractivity contribution < 1.29 is 27.5 Å². The number of amides is 1. The average molecular weight is 320 g/mol. The summed E-state index contributed by atoms with van der Waals surface area (Å²) in [5.74, 6) is -1.93. The second-order valence-electron chi connectivity index (χ2n) is 5.53. The fourth-order valence-corrected chi connectivity index (χ4v) is 2.95. The molecular weight excluding hydrogens is 301 g/mol. The molecule has 2 heterocycles. The minimum absolute atomic E-state index is 0.00256. The van der Waals surface area contributed by atoms with E-state index in [1.807, 2.05) is 18.7 Å². The van der Waals surface area contributed by atoms with Crippen LogP contribution in [0, 0.1) is 0 Å². The molecule has 1 N–H and O–H groups in total. The lowest BCUT2D eigenvalue weighted by atomic mass is 10.1. The third kappa shape index (κ3) is 3.27. The van der Waals surface area contributed by atoms with Crippen molar-refractivity contribution >= 4 is 5.91 Å². The maximum Gasteiger partial charge on any atom is 0.450 e. The molecule has 1 aliphatic rings. The highest BCUT2D eigenvalue weighted by Gasteiger charge is 2.41. The Morgan fingerprint density at radius 3 is 2.45 bits per heavy atom. The number of hydrogen-bond donors (Lipinski definition) is 1. The molecule has 0 bridgehead atoms. The van der Waals surface area contributed by atoms with E-state index in [0.29, 0.717) is 19.6 Å².